The summed E-state index contributed by atoms with van der Waals surface area (Å²) in [4.78, 5) is 0. The molecule has 0 atom stereocenters. The summed E-state index contributed by atoms with van der Waals surface area (Å²) in [5.74, 6) is -0.940. The maximum Gasteiger partial charge on any atom is 0.237 e. The topological polar surface area (TPSA) is 55.4 Å². The zero-order valence-corrected chi connectivity index (χ0v) is 12.4. The molecular formula is C15H16FNO3S. The Morgan fingerprint density at radius 3 is 2.62 bits per heavy atom. The lowest BCUT2D eigenvalue weighted by Crippen LogP contribution is -2.16. The van der Waals surface area contributed by atoms with E-state index >= 15 is 0 Å². The van der Waals surface area contributed by atoms with Gasteiger partial charge in [-0.15, -0.1) is 0 Å². The molecule has 0 saturated carbocycles. The van der Waals surface area contributed by atoms with E-state index in [9.17, 15) is 12.8 Å². The second-order valence-electron chi connectivity index (χ2n) is 4.59. The van der Waals surface area contributed by atoms with Gasteiger partial charge in [0.05, 0.1) is 12.4 Å². The molecule has 0 fully saturated rings. The van der Waals surface area contributed by atoms with E-state index in [0.29, 0.717) is 12.3 Å². The lowest BCUT2D eigenvalue weighted by atomic mass is 10.2. The molecule has 2 rings (SSSR count). The highest BCUT2D eigenvalue weighted by Crippen LogP contribution is 2.16. The van der Waals surface area contributed by atoms with Crippen molar-refractivity contribution in [2.45, 2.75) is 12.4 Å². The van der Waals surface area contributed by atoms with Crippen molar-refractivity contribution >= 4 is 15.7 Å². The van der Waals surface area contributed by atoms with Crippen molar-refractivity contribution < 1.29 is 17.5 Å². The minimum Gasteiger partial charge on any atom is -0.380 e. The largest absolute Gasteiger partial charge is 0.380 e. The van der Waals surface area contributed by atoms with E-state index in [-0.39, 0.29) is 5.56 Å². The fourth-order valence-electron chi connectivity index (χ4n) is 1.93. The Balaban J connectivity index is 2.14. The second kappa shape index (κ2) is 6.69. The van der Waals surface area contributed by atoms with Gasteiger partial charge in [0.15, 0.2) is 0 Å². The van der Waals surface area contributed by atoms with Crippen LogP contribution in [0.1, 0.15) is 11.1 Å². The van der Waals surface area contributed by atoms with Crippen LogP contribution in [0.5, 0.6) is 0 Å². The van der Waals surface area contributed by atoms with Crippen molar-refractivity contribution in [2.75, 3.05) is 11.8 Å². The van der Waals surface area contributed by atoms with Gasteiger partial charge in [0.25, 0.3) is 0 Å². The van der Waals surface area contributed by atoms with Crippen molar-refractivity contribution in [3.05, 3.63) is 65.5 Å². The smallest absolute Gasteiger partial charge is 0.237 e. The average molecular weight is 309 g/mol. The fourth-order valence-corrected chi connectivity index (χ4v) is 3.13. The number of rotatable bonds is 6. The zero-order chi connectivity index (χ0) is 15.3. The molecule has 0 bridgehead atoms. The number of hydrogen-bond donors (Lipinski definition) is 1. The molecule has 0 aliphatic heterocycles. The summed E-state index contributed by atoms with van der Waals surface area (Å²) in [5, 5.41) is 0. The molecule has 0 unspecified atom stereocenters. The predicted octanol–water partition coefficient (Wildman–Crippen LogP) is 2.91. The molecule has 112 valence electrons. The number of anilines is 1. The Hall–Kier alpha value is -1.92. The molecule has 0 aliphatic rings. The van der Waals surface area contributed by atoms with E-state index < -0.39 is 21.6 Å². The second-order valence-corrected chi connectivity index (χ2v) is 6.31. The van der Waals surface area contributed by atoms with Gasteiger partial charge in [-0.25, -0.2) is 12.8 Å². The normalized spacial score (nSPS) is 11.3. The first kappa shape index (κ1) is 15.5. The van der Waals surface area contributed by atoms with Gasteiger partial charge >= 0.3 is 0 Å². The first-order chi connectivity index (χ1) is 10.00. The lowest BCUT2D eigenvalue weighted by molar-refractivity contribution is 0.185. The highest BCUT2D eigenvalue weighted by atomic mass is 32.2. The summed E-state index contributed by atoms with van der Waals surface area (Å²) in [6, 6.07) is 12.7. The third-order valence-electron chi connectivity index (χ3n) is 2.81. The van der Waals surface area contributed by atoms with E-state index in [4.69, 9.17) is 4.74 Å². The van der Waals surface area contributed by atoms with E-state index in [1.165, 1.54) is 18.2 Å². The van der Waals surface area contributed by atoms with Crippen molar-refractivity contribution in [1.29, 1.82) is 0 Å². The maximum atomic E-state index is 13.5. The van der Waals surface area contributed by atoms with Crippen LogP contribution < -0.4 is 4.72 Å². The molecular weight excluding hydrogens is 293 g/mol. The Labute approximate surface area is 123 Å². The third kappa shape index (κ3) is 4.54. The van der Waals surface area contributed by atoms with E-state index in [0.717, 1.165) is 5.56 Å². The number of halogens is 1. The summed E-state index contributed by atoms with van der Waals surface area (Å²) in [7, 11) is -2.11. The van der Waals surface area contributed by atoms with Gasteiger partial charge in [0.1, 0.15) is 5.82 Å². The van der Waals surface area contributed by atoms with Crippen LogP contribution in [0.4, 0.5) is 10.1 Å². The van der Waals surface area contributed by atoms with Crippen LogP contribution in [0.15, 0.2) is 48.5 Å². The molecule has 0 radical (unpaired) electrons. The quantitative estimate of drug-likeness (QED) is 0.892. The maximum absolute atomic E-state index is 13.5. The molecule has 0 amide bonds. The third-order valence-corrected chi connectivity index (χ3v) is 4.05. The number of hydrogen-bond acceptors (Lipinski definition) is 3. The van der Waals surface area contributed by atoms with Crippen LogP contribution in [0.2, 0.25) is 0 Å². The van der Waals surface area contributed by atoms with E-state index in [1.54, 1.807) is 31.4 Å². The Morgan fingerprint density at radius 1 is 1.14 bits per heavy atom. The molecule has 2 aromatic carbocycles. The molecule has 6 heteroatoms. The predicted molar refractivity (Wildman–Crippen MR) is 79.8 cm³/mol. The molecule has 0 aliphatic carbocycles. The standard InChI is InChI=1S/C15H16FNO3S/c1-20-10-12-5-4-7-14(9-12)17-21(18,19)11-13-6-2-3-8-15(13)16/h2-9,17H,10-11H2,1H3. The minimum absolute atomic E-state index is 0.137. The van der Waals surface area contributed by atoms with Crippen molar-refractivity contribution in [2.24, 2.45) is 0 Å². The van der Waals surface area contributed by atoms with Gasteiger partial charge < -0.3 is 4.74 Å². The van der Waals surface area contributed by atoms with Crippen LogP contribution in [0.3, 0.4) is 0 Å². The number of ether oxygens (including phenoxy) is 1. The van der Waals surface area contributed by atoms with Gasteiger partial charge in [-0.2, -0.15) is 0 Å². The first-order valence-electron chi connectivity index (χ1n) is 6.32. The van der Waals surface area contributed by atoms with Gasteiger partial charge in [0, 0.05) is 18.4 Å². The molecule has 0 aromatic heterocycles. The summed E-state index contributed by atoms with van der Waals surface area (Å²) in [5.41, 5.74) is 1.42. The molecule has 0 heterocycles. The van der Waals surface area contributed by atoms with Crippen LogP contribution >= 0.6 is 0 Å². The van der Waals surface area contributed by atoms with E-state index in [2.05, 4.69) is 4.72 Å². The van der Waals surface area contributed by atoms with Gasteiger partial charge in [-0.3, -0.25) is 4.72 Å². The first-order valence-corrected chi connectivity index (χ1v) is 7.97. The average Bonchev–Trinajstić information content (AvgIpc) is 2.41. The molecule has 1 N–H and O–H groups in total. The molecule has 21 heavy (non-hydrogen) atoms. The van der Waals surface area contributed by atoms with Crippen LogP contribution in [0, 0.1) is 5.82 Å². The molecule has 0 saturated heterocycles. The van der Waals surface area contributed by atoms with Crippen molar-refractivity contribution in [3.8, 4) is 0 Å². The Kier molecular flexibility index (Phi) is 4.93. The summed E-state index contributed by atoms with van der Waals surface area (Å²) >= 11 is 0. The fraction of sp³-hybridized carbons (Fsp3) is 0.200. The molecule has 2 aromatic rings. The van der Waals surface area contributed by atoms with Gasteiger partial charge in [-0.1, -0.05) is 30.3 Å². The summed E-state index contributed by atoms with van der Waals surface area (Å²) in [6.07, 6.45) is 0. The minimum atomic E-state index is -3.67. The van der Waals surface area contributed by atoms with E-state index in [1.807, 2.05) is 6.07 Å². The van der Waals surface area contributed by atoms with Crippen LogP contribution in [-0.2, 0) is 27.1 Å². The zero-order valence-electron chi connectivity index (χ0n) is 11.5. The van der Waals surface area contributed by atoms with Crippen LogP contribution in [0.25, 0.3) is 0 Å². The lowest BCUT2D eigenvalue weighted by Gasteiger charge is -2.10. The van der Waals surface area contributed by atoms with Gasteiger partial charge in [-0.05, 0) is 23.8 Å². The number of methoxy groups -OCH3 is 1. The Bertz CT molecular complexity index is 716. The molecule has 4 nitrogen and oxygen atoms in total. The van der Waals surface area contributed by atoms with Crippen LogP contribution in [-0.4, -0.2) is 15.5 Å². The van der Waals surface area contributed by atoms with Crippen molar-refractivity contribution in [1.82, 2.24) is 0 Å². The number of nitrogens with one attached hydrogen (secondary N) is 1. The number of benzene rings is 2. The molecule has 0 spiro atoms. The highest BCUT2D eigenvalue weighted by molar-refractivity contribution is 7.91. The highest BCUT2D eigenvalue weighted by Gasteiger charge is 2.14. The summed E-state index contributed by atoms with van der Waals surface area (Å²) < 4.78 is 45.1. The summed E-state index contributed by atoms with van der Waals surface area (Å²) in [6.45, 7) is 0.392. The number of sulfonamides is 1. The van der Waals surface area contributed by atoms with Gasteiger partial charge in [0.2, 0.25) is 10.0 Å². The SMILES string of the molecule is COCc1cccc(NS(=O)(=O)Cc2ccccc2F)c1. The van der Waals surface area contributed by atoms with Crippen molar-refractivity contribution in [3.63, 3.8) is 0 Å². The monoisotopic (exact) mass is 309 g/mol. The Morgan fingerprint density at radius 2 is 1.90 bits per heavy atom.